The van der Waals surface area contributed by atoms with Crippen LogP contribution in [0, 0.1) is 13.8 Å². The number of ether oxygens (including phenoxy) is 1. The van der Waals surface area contributed by atoms with Crippen LogP contribution in [0.5, 0.6) is 0 Å². The fourth-order valence-corrected chi connectivity index (χ4v) is 2.52. The Labute approximate surface area is 131 Å². The van der Waals surface area contributed by atoms with Gasteiger partial charge in [-0.3, -0.25) is 4.79 Å². The lowest BCUT2D eigenvalue weighted by Crippen LogP contribution is -2.28. The monoisotopic (exact) mass is 302 g/mol. The summed E-state index contributed by atoms with van der Waals surface area (Å²) in [5.41, 5.74) is 3.84. The summed E-state index contributed by atoms with van der Waals surface area (Å²) in [5.74, 6) is 0. The fourth-order valence-electron chi connectivity index (χ4n) is 2.52. The molecule has 1 aromatic heterocycles. The minimum Gasteiger partial charge on any atom is -0.375 e. The van der Waals surface area contributed by atoms with Gasteiger partial charge >= 0.3 is 0 Å². The number of H-pyrrole nitrogens is 1. The van der Waals surface area contributed by atoms with Crippen LogP contribution in [0.2, 0.25) is 0 Å². The molecular formula is C18H26N2O2. The number of benzene rings is 1. The topological polar surface area (TPSA) is 54.1 Å². The molecule has 0 aliphatic carbocycles. The molecule has 0 amide bonds. The van der Waals surface area contributed by atoms with E-state index in [1.165, 1.54) is 5.56 Å². The van der Waals surface area contributed by atoms with Crippen LogP contribution in [0.4, 0.5) is 0 Å². The summed E-state index contributed by atoms with van der Waals surface area (Å²) < 4.78 is 5.65. The molecule has 1 heterocycles. The first-order chi connectivity index (χ1) is 10.3. The summed E-state index contributed by atoms with van der Waals surface area (Å²) in [6.45, 7) is 12.1. The molecule has 2 rings (SSSR count). The highest BCUT2D eigenvalue weighted by atomic mass is 16.5. The number of fused-ring (bicyclic) bond motifs is 1. The summed E-state index contributed by atoms with van der Waals surface area (Å²) in [5, 5.41) is 4.35. The molecule has 0 radical (unpaired) electrons. The van der Waals surface area contributed by atoms with Crippen LogP contribution < -0.4 is 10.9 Å². The zero-order valence-corrected chi connectivity index (χ0v) is 14.2. The van der Waals surface area contributed by atoms with Crippen molar-refractivity contribution in [1.82, 2.24) is 10.3 Å². The zero-order valence-electron chi connectivity index (χ0n) is 14.2. The van der Waals surface area contributed by atoms with Gasteiger partial charge in [-0.15, -0.1) is 0 Å². The van der Waals surface area contributed by atoms with Crippen molar-refractivity contribution in [3.63, 3.8) is 0 Å². The average Bonchev–Trinajstić information content (AvgIpc) is 2.38. The Balaban J connectivity index is 2.06. The highest BCUT2D eigenvalue weighted by Gasteiger charge is 2.09. The van der Waals surface area contributed by atoms with Crippen molar-refractivity contribution in [1.29, 1.82) is 0 Å². The first-order valence-electron chi connectivity index (χ1n) is 7.74. The van der Waals surface area contributed by atoms with E-state index < -0.39 is 0 Å². The molecule has 4 nitrogen and oxygen atoms in total. The summed E-state index contributed by atoms with van der Waals surface area (Å²) in [6, 6.07) is 6.16. The van der Waals surface area contributed by atoms with Crippen LogP contribution in [-0.2, 0) is 11.3 Å². The van der Waals surface area contributed by atoms with E-state index in [1.807, 2.05) is 33.8 Å². The Morgan fingerprint density at radius 3 is 2.59 bits per heavy atom. The molecule has 2 N–H and O–H groups in total. The van der Waals surface area contributed by atoms with E-state index in [-0.39, 0.29) is 11.2 Å². The molecule has 0 fully saturated rings. The molecule has 0 spiro atoms. The fraction of sp³-hybridized carbons (Fsp3) is 0.500. The first-order valence-corrected chi connectivity index (χ1v) is 7.74. The minimum absolute atomic E-state index is 0.0244. The molecule has 2 aromatic rings. The van der Waals surface area contributed by atoms with Crippen LogP contribution >= 0.6 is 0 Å². The predicted octanol–water partition coefficient (Wildman–Crippen LogP) is 3.05. The molecule has 0 unspecified atom stereocenters. The van der Waals surface area contributed by atoms with Gasteiger partial charge < -0.3 is 15.0 Å². The van der Waals surface area contributed by atoms with Gasteiger partial charge in [0.25, 0.3) is 5.56 Å². The first kappa shape index (κ1) is 16.7. The molecule has 0 aliphatic heterocycles. The van der Waals surface area contributed by atoms with Crippen molar-refractivity contribution < 1.29 is 4.74 Å². The number of aromatic amines is 1. The summed E-state index contributed by atoms with van der Waals surface area (Å²) in [7, 11) is 0. The maximum absolute atomic E-state index is 12.2. The predicted molar refractivity (Wildman–Crippen MR) is 91.5 cm³/mol. The van der Waals surface area contributed by atoms with Crippen molar-refractivity contribution in [2.75, 3.05) is 13.2 Å². The summed E-state index contributed by atoms with van der Waals surface area (Å²) in [6.07, 6.45) is 0. The number of rotatable bonds is 5. The molecular weight excluding hydrogens is 276 g/mol. The van der Waals surface area contributed by atoms with Gasteiger partial charge in [0.1, 0.15) is 0 Å². The van der Waals surface area contributed by atoms with Gasteiger partial charge in [-0.2, -0.15) is 0 Å². The molecule has 0 aliphatic rings. The lowest BCUT2D eigenvalue weighted by atomic mass is 10.1. The zero-order chi connectivity index (χ0) is 16.3. The van der Waals surface area contributed by atoms with Crippen LogP contribution in [0.1, 0.15) is 37.5 Å². The van der Waals surface area contributed by atoms with Crippen molar-refractivity contribution in [2.24, 2.45) is 0 Å². The van der Waals surface area contributed by atoms with E-state index in [0.29, 0.717) is 13.2 Å². The summed E-state index contributed by atoms with van der Waals surface area (Å²) in [4.78, 5) is 15.2. The van der Waals surface area contributed by atoms with Gasteiger partial charge in [-0.1, -0.05) is 11.6 Å². The standard InChI is InChI=1S/C18H26N2O2/c1-12-8-13(2)16-14(9-12)10-15(17(21)20-16)11-19-6-7-22-18(3,4)5/h8-10,19H,6-7,11H2,1-5H3,(H,20,21). The van der Waals surface area contributed by atoms with E-state index in [9.17, 15) is 4.79 Å². The van der Waals surface area contributed by atoms with E-state index in [2.05, 4.69) is 29.4 Å². The quantitative estimate of drug-likeness (QED) is 0.835. The number of aryl methyl sites for hydroxylation is 2. The number of nitrogens with one attached hydrogen (secondary N) is 2. The Kier molecular flexibility index (Phi) is 5.04. The average molecular weight is 302 g/mol. The maximum atomic E-state index is 12.2. The van der Waals surface area contributed by atoms with Crippen molar-refractivity contribution in [2.45, 2.75) is 46.8 Å². The van der Waals surface area contributed by atoms with E-state index in [0.717, 1.165) is 28.6 Å². The molecule has 4 heteroatoms. The molecule has 0 atom stereocenters. The van der Waals surface area contributed by atoms with Crippen molar-refractivity contribution >= 4 is 10.9 Å². The number of hydrogen-bond donors (Lipinski definition) is 2. The minimum atomic E-state index is -0.128. The van der Waals surface area contributed by atoms with E-state index in [1.54, 1.807) is 0 Å². The molecule has 0 saturated carbocycles. The maximum Gasteiger partial charge on any atom is 0.252 e. The van der Waals surface area contributed by atoms with E-state index in [4.69, 9.17) is 4.74 Å². The molecule has 0 bridgehead atoms. The van der Waals surface area contributed by atoms with Gasteiger partial charge in [-0.25, -0.2) is 0 Å². The van der Waals surface area contributed by atoms with Gasteiger partial charge in [0.2, 0.25) is 0 Å². The SMILES string of the molecule is Cc1cc(C)c2[nH]c(=O)c(CNCCOC(C)(C)C)cc2c1. The summed E-state index contributed by atoms with van der Waals surface area (Å²) >= 11 is 0. The molecule has 120 valence electrons. The van der Waals surface area contributed by atoms with Crippen LogP contribution in [0.25, 0.3) is 10.9 Å². The Morgan fingerprint density at radius 2 is 1.91 bits per heavy atom. The van der Waals surface area contributed by atoms with Crippen LogP contribution in [0.3, 0.4) is 0 Å². The smallest absolute Gasteiger partial charge is 0.252 e. The second-order valence-electron chi connectivity index (χ2n) is 6.81. The Morgan fingerprint density at radius 1 is 1.18 bits per heavy atom. The molecule has 22 heavy (non-hydrogen) atoms. The largest absolute Gasteiger partial charge is 0.375 e. The van der Waals surface area contributed by atoms with Crippen molar-refractivity contribution in [3.8, 4) is 0 Å². The van der Waals surface area contributed by atoms with Crippen LogP contribution in [-0.4, -0.2) is 23.7 Å². The van der Waals surface area contributed by atoms with Crippen molar-refractivity contribution in [3.05, 3.63) is 45.2 Å². The Bertz CT molecular complexity index is 711. The third-order valence-corrected chi connectivity index (χ3v) is 3.50. The third kappa shape index (κ3) is 4.42. The number of hydrogen-bond acceptors (Lipinski definition) is 3. The second-order valence-corrected chi connectivity index (χ2v) is 6.81. The van der Waals surface area contributed by atoms with Gasteiger partial charge in [0.15, 0.2) is 0 Å². The highest BCUT2D eigenvalue weighted by molar-refractivity contribution is 5.82. The number of pyridine rings is 1. The van der Waals surface area contributed by atoms with Gasteiger partial charge in [0.05, 0.1) is 17.7 Å². The lowest BCUT2D eigenvalue weighted by molar-refractivity contribution is -0.000892. The normalized spacial score (nSPS) is 12.0. The molecule has 1 aromatic carbocycles. The Hall–Kier alpha value is -1.65. The van der Waals surface area contributed by atoms with Gasteiger partial charge in [0, 0.05) is 18.7 Å². The molecule has 0 saturated heterocycles. The van der Waals surface area contributed by atoms with Crippen LogP contribution in [0.15, 0.2) is 23.0 Å². The van der Waals surface area contributed by atoms with Gasteiger partial charge in [-0.05, 0) is 57.7 Å². The highest BCUT2D eigenvalue weighted by Crippen LogP contribution is 2.17. The third-order valence-electron chi connectivity index (χ3n) is 3.50. The van der Waals surface area contributed by atoms with E-state index >= 15 is 0 Å². The lowest BCUT2D eigenvalue weighted by Gasteiger charge is -2.19. The number of aromatic nitrogens is 1. The second kappa shape index (κ2) is 6.63.